The van der Waals surface area contributed by atoms with E-state index in [9.17, 15) is 49.1 Å². The van der Waals surface area contributed by atoms with E-state index in [-0.39, 0.29) is 10.5 Å². The monoisotopic (exact) mass is 950 g/mol. The highest BCUT2D eigenvalue weighted by molar-refractivity contribution is 14.1. The molecule has 0 radical (unpaired) electrons. The molecule has 0 spiro atoms. The molecule has 0 saturated heterocycles. The number of rotatable bonds is 8. The zero-order valence-corrected chi connectivity index (χ0v) is 30.9. The lowest BCUT2D eigenvalue weighted by molar-refractivity contribution is -0.389. The van der Waals surface area contributed by atoms with Crippen molar-refractivity contribution in [3.05, 3.63) is 152 Å². The number of amides is 2. The van der Waals surface area contributed by atoms with E-state index in [1.54, 1.807) is 0 Å². The maximum atomic E-state index is 17.5. The van der Waals surface area contributed by atoms with Crippen molar-refractivity contribution < 1.29 is 75.4 Å². The number of anilines is 2. The third-order valence-corrected chi connectivity index (χ3v) is 9.88. The first-order valence-corrected chi connectivity index (χ1v) is 17.2. The number of carbonyl (C=O) groups is 2. The number of halogens is 16. The summed E-state index contributed by atoms with van der Waals surface area (Å²) >= 11 is 0.703. The Bertz CT molecular complexity index is 2290. The van der Waals surface area contributed by atoms with E-state index in [0.29, 0.717) is 33.6 Å². The smallest absolute Gasteiger partial charge is 0.309 e. The molecule has 1 aliphatic carbocycles. The number of nitrogens with zero attached hydrogens (tertiary/aromatic N) is 2. The summed E-state index contributed by atoms with van der Waals surface area (Å²) in [5, 5.41) is 0. The standard InChI is InChI=1S/C38H22F15IN2O2/c1-55(31(57)22-12-5-6-14-25(22)39)27-15-9-13-23(29(27)40)32(58)56(28-16-7-8-17-33(28,41)20-10-3-2-4-11-20)30-24(35(43,44)45)18-21(19-26(30)54)34(42,37(48,49)50)36(46,47)38(51,52)53/h2-19,28H,1H3. The molecule has 20 heteroatoms. The second-order valence-electron chi connectivity index (χ2n) is 12.6. The molecule has 4 nitrogen and oxygen atoms in total. The quantitative estimate of drug-likeness (QED) is 0.130. The van der Waals surface area contributed by atoms with Gasteiger partial charge in [-0.05, 0) is 70.6 Å². The first-order valence-electron chi connectivity index (χ1n) is 16.1. The van der Waals surface area contributed by atoms with Gasteiger partial charge in [0.15, 0.2) is 11.5 Å². The first kappa shape index (κ1) is 44.1. The zero-order valence-electron chi connectivity index (χ0n) is 28.7. The number of alkyl halides is 13. The van der Waals surface area contributed by atoms with Crippen LogP contribution in [-0.2, 0) is 17.5 Å². The van der Waals surface area contributed by atoms with Gasteiger partial charge < -0.3 is 4.90 Å². The molecule has 58 heavy (non-hydrogen) atoms. The van der Waals surface area contributed by atoms with Crippen molar-refractivity contribution in [1.29, 1.82) is 0 Å². The van der Waals surface area contributed by atoms with Gasteiger partial charge in [0.1, 0.15) is 5.82 Å². The number of benzene rings is 4. The Morgan fingerprint density at radius 1 is 0.707 bits per heavy atom. The van der Waals surface area contributed by atoms with Crippen LogP contribution in [0.1, 0.15) is 37.4 Å². The van der Waals surface area contributed by atoms with Gasteiger partial charge in [-0.2, -0.15) is 48.3 Å². The van der Waals surface area contributed by atoms with Crippen molar-refractivity contribution in [1.82, 2.24) is 0 Å². The molecule has 0 fully saturated rings. The van der Waals surface area contributed by atoms with Crippen molar-refractivity contribution in [2.75, 3.05) is 16.8 Å². The van der Waals surface area contributed by atoms with E-state index in [0.717, 1.165) is 67.7 Å². The molecule has 3 unspecified atom stereocenters. The highest BCUT2D eigenvalue weighted by Gasteiger charge is 2.82. The molecule has 0 N–H and O–H groups in total. The van der Waals surface area contributed by atoms with Crippen LogP contribution in [0.3, 0.4) is 0 Å². The van der Waals surface area contributed by atoms with Crippen LogP contribution in [0.25, 0.3) is 0 Å². The van der Waals surface area contributed by atoms with Gasteiger partial charge in [-0.15, -0.1) is 0 Å². The first-order chi connectivity index (χ1) is 26.7. The second-order valence-corrected chi connectivity index (χ2v) is 13.7. The number of carbonyl (C=O) groups excluding carboxylic acids is 2. The lowest BCUT2D eigenvalue weighted by atomic mass is 9.82. The van der Waals surface area contributed by atoms with Crippen LogP contribution in [0.15, 0.2) is 109 Å². The summed E-state index contributed by atoms with van der Waals surface area (Å²) in [6, 6.07) is 8.98. The molecule has 2 amide bonds. The van der Waals surface area contributed by atoms with E-state index in [1.165, 1.54) is 30.3 Å². The summed E-state index contributed by atoms with van der Waals surface area (Å²) < 4.78 is 219. The number of hydrogen-bond acceptors (Lipinski definition) is 2. The normalized spacial score (nSPS) is 18.5. The summed E-state index contributed by atoms with van der Waals surface area (Å²) in [7, 11) is 0.917. The van der Waals surface area contributed by atoms with E-state index in [2.05, 4.69) is 0 Å². The minimum atomic E-state index is -7.41. The molecule has 0 saturated carbocycles. The van der Waals surface area contributed by atoms with Crippen LogP contribution < -0.4 is 9.80 Å². The Morgan fingerprint density at radius 3 is 1.86 bits per heavy atom. The van der Waals surface area contributed by atoms with Crippen LogP contribution in [0.4, 0.5) is 77.2 Å². The average Bonchev–Trinajstić information content (AvgIpc) is 3.14. The molecule has 5 rings (SSSR count). The maximum Gasteiger partial charge on any atom is 0.457 e. The summed E-state index contributed by atoms with van der Waals surface area (Å²) in [4.78, 5) is 28.2. The van der Waals surface area contributed by atoms with Gasteiger partial charge in [-0.25, -0.2) is 17.6 Å². The van der Waals surface area contributed by atoms with Crippen molar-refractivity contribution >= 4 is 45.8 Å². The molecule has 0 aromatic heterocycles. The van der Waals surface area contributed by atoms with Gasteiger partial charge in [0.25, 0.3) is 11.8 Å². The molecule has 4 aromatic rings. The molecule has 308 valence electrons. The van der Waals surface area contributed by atoms with E-state index in [4.69, 9.17) is 0 Å². The van der Waals surface area contributed by atoms with Gasteiger partial charge in [-0.3, -0.25) is 14.5 Å². The van der Waals surface area contributed by atoms with Crippen molar-refractivity contribution in [2.45, 2.75) is 41.8 Å². The molecule has 0 heterocycles. The van der Waals surface area contributed by atoms with E-state index >= 15 is 26.3 Å². The topological polar surface area (TPSA) is 40.6 Å². The zero-order chi connectivity index (χ0) is 43.4. The summed E-state index contributed by atoms with van der Waals surface area (Å²) in [6.45, 7) is 0. The molecule has 0 bridgehead atoms. The van der Waals surface area contributed by atoms with E-state index < -0.39 is 115 Å². The van der Waals surface area contributed by atoms with E-state index in [1.807, 2.05) is 0 Å². The lowest BCUT2D eigenvalue weighted by Crippen LogP contribution is -2.60. The molecule has 1 aliphatic rings. The highest BCUT2D eigenvalue weighted by Crippen LogP contribution is 2.59. The molecule has 0 aliphatic heterocycles. The Hall–Kier alpha value is -5.02. The summed E-state index contributed by atoms with van der Waals surface area (Å²) in [6.07, 6.45) is -17.2. The average molecular weight is 950 g/mol. The maximum absolute atomic E-state index is 17.5. The summed E-state index contributed by atoms with van der Waals surface area (Å²) in [5.41, 5.74) is -20.3. The Labute approximate surface area is 331 Å². The van der Waals surface area contributed by atoms with Crippen molar-refractivity contribution in [2.24, 2.45) is 0 Å². The van der Waals surface area contributed by atoms with Gasteiger partial charge in [0.05, 0.1) is 34.1 Å². The van der Waals surface area contributed by atoms with Crippen LogP contribution in [-0.4, -0.2) is 43.2 Å². The van der Waals surface area contributed by atoms with Crippen molar-refractivity contribution in [3.63, 3.8) is 0 Å². The summed E-state index contributed by atoms with van der Waals surface area (Å²) in [5.74, 6) is -13.3. The molecule has 3 atom stereocenters. The van der Waals surface area contributed by atoms with Gasteiger partial charge >= 0.3 is 30.1 Å². The third-order valence-electron chi connectivity index (χ3n) is 9.05. The van der Waals surface area contributed by atoms with Crippen LogP contribution >= 0.6 is 22.6 Å². The lowest BCUT2D eigenvalue weighted by Gasteiger charge is -2.42. The van der Waals surface area contributed by atoms with Gasteiger partial charge in [-0.1, -0.05) is 66.8 Å². The van der Waals surface area contributed by atoms with Gasteiger partial charge in [0.2, 0.25) is 0 Å². The Morgan fingerprint density at radius 2 is 1.29 bits per heavy atom. The fourth-order valence-corrected chi connectivity index (χ4v) is 7.07. The predicted octanol–water partition coefficient (Wildman–Crippen LogP) is 11.8. The fourth-order valence-electron chi connectivity index (χ4n) is 6.18. The fraction of sp³-hybridized carbons (Fsp3) is 0.211. The number of hydrogen-bond donors (Lipinski definition) is 0. The van der Waals surface area contributed by atoms with Crippen LogP contribution in [0.5, 0.6) is 0 Å². The van der Waals surface area contributed by atoms with Gasteiger partial charge in [0, 0.05) is 16.2 Å². The molecular formula is C38H22F15IN2O2. The Kier molecular flexibility index (Phi) is 11.6. The van der Waals surface area contributed by atoms with Crippen molar-refractivity contribution in [3.8, 4) is 0 Å². The minimum Gasteiger partial charge on any atom is -0.309 e. The van der Waals surface area contributed by atoms with Crippen LogP contribution in [0, 0.1) is 15.2 Å². The highest BCUT2D eigenvalue weighted by atomic mass is 127. The minimum absolute atomic E-state index is 0.127. The SMILES string of the molecule is CN(C(=O)c1ccccc1F)c1cccc(C(=O)N(c2c(I)cc(C(F)(C(F)(F)F)C(F)(F)C(F)(F)F)cc2C(F)(F)F)C2C=CC=CC2(F)c2ccccc2)c1F. The predicted molar refractivity (Wildman–Crippen MR) is 188 cm³/mol. The second kappa shape index (κ2) is 15.3. The third kappa shape index (κ3) is 7.42. The molecule has 4 aromatic carbocycles. The van der Waals surface area contributed by atoms with Crippen LogP contribution in [0.2, 0.25) is 0 Å². The largest absolute Gasteiger partial charge is 0.457 e. The Balaban J connectivity index is 1.84. The molecular weight excluding hydrogens is 928 g/mol. The number of allylic oxidation sites excluding steroid dienone is 2.